The molecule has 0 bridgehead atoms. The van der Waals surface area contributed by atoms with Crippen LogP contribution in [0.5, 0.6) is 0 Å². The number of thiazole rings is 1. The molecule has 232 valence electrons. The number of alkyl halides is 6. The summed E-state index contributed by atoms with van der Waals surface area (Å²) in [7, 11) is 0. The zero-order valence-electron chi connectivity index (χ0n) is 22.2. The second-order valence-electron chi connectivity index (χ2n) is 9.44. The lowest BCUT2D eigenvalue weighted by Gasteiger charge is -2.36. The summed E-state index contributed by atoms with van der Waals surface area (Å²) in [6.07, 6.45) is -8.10. The summed E-state index contributed by atoms with van der Waals surface area (Å²) in [6.45, 7) is 9.92. The summed E-state index contributed by atoms with van der Waals surface area (Å²) in [4.78, 5) is 40.0. The number of fused-ring (bicyclic) bond motifs is 1. The first kappa shape index (κ1) is 33.0. The number of halogens is 6. The van der Waals surface area contributed by atoms with Gasteiger partial charge in [-0.25, -0.2) is 14.6 Å². The van der Waals surface area contributed by atoms with Gasteiger partial charge in [0.1, 0.15) is 0 Å². The molecule has 0 amide bonds. The van der Waals surface area contributed by atoms with Crippen LogP contribution in [0.25, 0.3) is 0 Å². The van der Waals surface area contributed by atoms with E-state index in [2.05, 4.69) is 54.3 Å². The van der Waals surface area contributed by atoms with Crippen LogP contribution >= 0.6 is 11.3 Å². The number of oxime groups is 1. The molecule has 3 aliphatic rings. The molecule has 18 heteroatoms. The van der Waals surface area contributed by atoms with Crippen molar-refractivity contribution in [1.82, 2.24) is 24.7 Å². The Bertz CT molecular complexity index is 1200. The summed E-state index contributed by atoms with van der Waals surface area (Å²) in [5.74, 6) is -3.97. The number of piperazine rings is 1. The first-order valence-corrected chi connectivity index (χ1v) is 13.4. The number of aromatic nitrogens is 2. The lowest BCUT2D eigenvalue weighted by Crippen LogP contribution is -2.50. The maximum atomic E-state index is 10.6. The van der Waals surface area contributed by atoms with E-state index in [1.165, 1.54) is 5.69 Å². The molecule has 5 heterocycles. The number of carboxylic acids is 2. The monoisotopic (exact) mass is 626 g/mol. The number of aliphatic carboxylic acids is 2. The van der Waals surface area contributed by atoms with Gasteiger partial charge >= 0.3 is 24.3 Å². The lowest BCUT2D eigenvalue weighted by molar-refractivity contribution is -0.193. The van der Waals surface area contributed by atoms with Gasteiger partial charge in [0.15, 0.2) is 11.9 Å². The van der Waals surface area contributed by atoms with Crippen LogP contribution in [0.2, 0.25) is 0 Å². The molecule has 0 radical (unpaired) electrons. The molecule has 2 atom stereocenters. The molecule has 3 aliphatic heterocycles. The fraction of sp³-hybridized carbons (Fsp3) is 0.542. The molecule has 2 fully saturated rings. The summed E-state index contributed by atoms with van der Waals surface area (Å²) >= 11 is 1.72. The Morgan fingerprint density at radius 1 is 0.952 bits per heavy atom. The van der Waals surface area contributed by atoms with Crippen LogP contribution in [0.3, 0.4) is 0 Å². The Hall–Kier alpha value is -3.51. The van der Waals surface area contributed by atoms with Crippen molar-refractivity contribution < 1.29 is 51.0 Å². The molecule has 42 heavy (non-hydrogen) atoms. The Morgan fingerprint density at radius 3 is 2.05 bits per heavy atom. The zero-order chi connectivity index (χ0) is 31.1. The number of aryl methyl sites for hydroxylation is 1. The standard InChI is InChI=1S/C20H26N6OS.2C2HF3O2/c1-15-22-17(14-28-15)11-25-12-18-19(13-25)27-23-20(18)26-8-6-24(7-9-26)10-16-4-2-3-5-21-16;2*3-2(4,5)1(6)7/h2-5,14,18-19H,6-13H2,1H3;2*(H,6,7). The first-order chi connectivity index (χ1) is 19.6. The van der Waals surface area contributed by atoms with E-state index in [0.717, 1.165) is 68.9 Å². The van der Waals surface area contributed by atoms with Gasteiger partial charge in [-0.15, -0.1) is 11.3 Å². The van der Waals surface area contributed by atoms with Crippen LogP contribution in [0.1, 0.15) is 16.4 Å². The van der Waals surface area contributed by atoms with E-state index in [1.54, 1.807) is 11.3 Å². The van der Waals surface area contributed by atoms with Crippen LogP contribution in [0, 0.1) is 12.8 Å². The molecule has 0 spiro atoms. The quantitative estimate of drug-likeness (QED) is 0.489. The third kappa shape index (κ3) is 9.80. The molecule has 2 unspecified atom stereocenters. The van der Waals surface area contributed by atoms with E-state index in [4.69, 9.17) is 24.6 Å². The predicted octanol–water partition coefficient (Wildman–Crippen LogP) is 3.08. The Balaban J connectivity index is 0.000000289. The van der Waals surface area contributed by atoms with Crippen molar-refractivity contribution in [2.24, 2.45) is 11.1 Å². The third-order valence-electron chi connectivity index (χ3n) is 6.30. The van der Waals surface area contributed by atoms with Crippen molar-refractivity contribution in [3.8, 4) is 0 Å². The van der Waals surface area contributed by atoms with E-state index in [1.807, 2.05) is 12.3 Å². The minimum Gasteiger partial charge on any atom is -0.475 e. The number of hydrogen-bond acceptors (Lipinski definition) is 10. The number of rotatable bonds is 4. The van der Waals surface area contributed by atoms with E-state index < -0.39 is 24.3 Å². The van der Waals surface area contributed by atoms with Gasteiger partial charge in [-0.1, -0.05) is 11.2 Å². The van der Waals surface area contributed by atoms with E-state index >= 15 is 0 Å². The van der Waals surface area contributed by atoms with Crippen molar-refractivity contribution in [2.75, 3.05) is 39.3 Å². The highest BCUT2D eigenvalue weighted by molar-refractivity contribution is 7.09. The summed E-state index contributed by atoms with van der Waals surface area (Å²) in [5, 5.41) is 22.0. The molecule has 0 saturated carbocycles. The molecule has 0 aromatic carbocycles. The average molecular weight is 627 g/mol. The largest absolute Gasteiger partial charge is 0.490 e. The molecule has 2 aromatic heterocycles. The molecule has 5 rings (SSSR count). The van der Waals surface area contributed by atoms with Crippen molar-refractivity contribution in [3.05, 3.63) is 46.2 Å². The van der Waals surface area contributed by atoms with Gasteiger partial charge in [0, 0.05) is 63.9 Å². The third-order valence-corrected chi connectivity index (χ3v) is 7.12. The lowest BCUT2D eigenvalue weighted by atomic mass is 10.0. The predicted molar refractivity (Wildman–Crippen MR) is 136 cm³/mol. The van der Waals surface area contributed by atoms with Crippen molar-refractivity contribution in [1.29, 1.82) is 0 Å². The Morgan fingerprint density at radius 2 is 1.55 bits per heavy atom. The van der Waals surface area contributed by atoms with Gasteiger partial charge < -0.3 is 20.0 Å². The number of pyridine rings is 1. The summed E-state index contributed by atoms with van der Waals surface area (Å²) in [5.41, 5.74) is 2.31. The van der Waals surface area contributed by atoms with Gasteiger partial charge in [0.2, 0.25) is 0 Å². The smallest absolute Gasteiger partial charge is 0.475 e. The zero-order valence-corrected chi connectivity index (χ0v) is 23.0. The van der Waals surface area contributed by atoms with Gasteiger partial charge in [0.25, 0.3) is 0 Å². The van der Waals surface area contributed by atoms with Crippen molar-refractivity contribution in [3.63, 3.8) is 0 Å². The number of nitrogens with zero attached hydrogens (tertiary/aromatic N) is 6. The minimum absolute atomic E-state index is 0.196. The number of carboxylic acid groups (broad SMARTS) is 2. The Kier molecular flexibility index (Phi) is 11.1. The molecule has 2 aromatic rings. The summed E-state index contributed by atoms with van der Waals surface area (Å²) in [6, 6.07) is 6.13. The highest BCUT2D eigenvalue weighted by Crippen LogP contribution is 2.30. The molecule has 11 nitrogen and oxygen atoms in total. The van der Waals surface area contributed by atoms with Crippen LogP contribution in [-0.4, -0.2) is 110 Å². The van der Waals surface area contributed by atoms with Gasteiger partial charge in [-0.2, -0.15) is 26.3 Å². The van der Waals surface area contributed by atoms with Crippen LogP contribution in [0.4, 0.5) is 26.3 Å². The fourth-order valence-corrected chi connectivity index (χ4v) is 4.99. The average Bonchev–Trinajstić information content (AvgIpc) is 3.61. The van der Waals surface area contributed by atoms with Crippen LogP contribution in [-0.2, 0) is 27.5 Å². The van der Waals surface area contributed by atoms with Gasteiger partial charge in [-0.05, 0) is 19.1 Å². The van der Waals surface area contributed by atoms with E-state index in [0.29, 0.717) is 5.92 Å². The Labute approximate surface area is 240 Å². The van der Waals surface area contributed by atoms with Gasteiger partial charge in [0.05, 0.1) is 22.3 Å². The second-order valence-corrected chi connectivity index (χ2v) is 10.5. The molecule has 2 N–H and O–H groups in total. The fourth-order valence-electron chi connectivity index (χ4n) is 4.38. The molecule has 0 aliphatic carbocycles. The molecular weight excluding hydrogens is 598 g/mol. The number of likely N-dealkylation sites (tertiary alicyclic amines) is 1. The highest BCUT2D eigenvalue weighted by atomic mass is 32.1. The van der Waals surface area contributed by atoms with Crippen LogP contribution < -0.4 is 0 Å². The summed E-state index contributed by atoms with van der Waals surface area (Å²) < 4.78 is 63.5. The van der Waals surface area contributed by atoms with Crippen molar-refractivity contribution in [2.45, 2.75) is 38.5 Å². The van der Waals surface area contributed by atoms with Crippen LogP contribution in [0.15, 0.2) is 34.9 Å². The molecule has 2 saturated heterocycles. The maximum Gasteiger partial charge on any atom is 0.490 e. The minimum atomic E-state index is -5.08. The van der Waals surface area contributed by atoms with E-state index in [-0.39, 0.29) is 6.10 Å². The number of carbonyl (C=O) groups is 2. The first-order valence-electron chi connectivity index (χ1n) is 12.5. The topological polar surface area (TPSA) is 132 Å². The second kappa shape index (κ2) is 14.1. The van der Waals surface area contributed by atoms with Crippen molar-refractivity contribution >= 4 is 29.1 Å². The van der Waals surface area contributed by atoms with Gasteiger partial charge in [-0.3, -0.25) is 14.8 Å². The molecular formula is C24H28F6N6O5S. The number of amidine groups is 1. The SMILES string of the molecule is Cc1nc(CN2CC3ON=C(N4CCN(Cc5ccccn5)CC4)C3C2)cs1.O=C(O)C(F)(F)F.O=C(O)C(F)(F)F. The number of hydrogen-bond donors (Lipinski definition) is 2. The maximum absolute atomic E-state index is 10.6. The highest BCUT2D eigenvalue weighted by Gasteiger charge is 2.44. The normalized spacial score (nSPS) is 20.8. The van der Waals surface area contributed by atoms with E-state index in [9.17, 15) is 26.3 Å².